The average Bonchev–Trinajstić information content (AvgIpc) is 3.10. The molecule has 1 aliphatic rings. The Hall–Kier alpha value is -2.73. The lowest BCUT2D eigenvalue weighted by atomic mass is 9.97. The van der Waals surface area contributed by atoms with Gasteiger partial charge < -0.3 is 10.6 Å². The highest BCUT2D eigenvalue weighted by Crippen LogP contribution is 2.46. The van der Waals surface area contributed by atoms with Crippen molar-refractivity contribution >= 4 is 44.9 Å². The molecule has 180 valence electrons. The maximum atomic E-state index is 13.9. The summed E-state index contributed by atoms with van der Waals surface area (Å²) < 4.78 is 81.3. The summed E-state index contributed by atoms with van der Waals surface area (Å²) in [5, 5.41) is 8.81. The van der Waals surface area contributed by atoms with Crippen molar-refractivity contribution in [3.8, 4) is 0 Å². The number of carbonyl (C=O) groups excluding carboxylic acids is 1. The monoisotopic (exact) mass is 566 g/mol. The number of carbonyl (C=O) groups is 1. The number of alkyl halides is 6. The van der Waals surface area contributed by atoms with Crippen LogP contribution >= 0.6 is 27.5 Å². The Morgan fingerprint density at radius 3 is 2.41 bits per heavy atom. The summed E-state index contributed by atoms with van der Waals surface area (Å²) in [5.74, 6) is -1.11. The van der Waals surface area contributed by atoms with Gasteiger partial charge in [-0.15, -0.1) is 0 Å². The SMILES string of the molecule is O=C(Nc1cc(C(F)(F)F)ccc1Cl)c1nn2c(c1Br)NC(c1ccccc1)CC2C(F)(F)F. The molecule has 3 aromatic rings. The van der Waals surface area contributed by atoms with Crippen LogP contribution in [0.15, 0.2) is 53.0 Å². The van der Waals surface area contributed by atoms with E-state index in [1.807, 2.05) is 0 Å². The minimum atomic E-state index is -4.69. The summed E-state index contributed by atoms with van der Waals surface area (Å²) in [6.45, 7) is 0. The van der Waals surface area contributed by atoms with Crippen molar-refractivity contribution < 1.29 is 31.1 Å². The summed E-state index contributed by atoms with van der Waals surface area (Å²) in [7, 11) is 0. The standard InChI is InChI=1S/C21H14BrClF6N4O/c22-16-17(19(34)31-14-8-11(20(24,25)26)6-7-12(14)23)32-33-15(21(27,28)29)9-13(30-18(16)33)10-4-2-1-3-5-10/h1-8,13,15,30H,9H2,(H,31,34). The maximum absolute atomic E-state index is 13.9. The molecule has 2 atom stereocenters. The first-order valence-electron chi connectivity index (χ1n) is 9.70. The predicted molar refractivity (Wildman–Crippen MR) is 117 cm³/mol. The molecule has 0 saturated carbocycles. The molecule has 1 aliphatic heterocycles. The Bertz CT molecular complexity index is 1230. The summed E-state index contributed by atoms with van der Waals surface area (Å²) in [5.41, 5.74) is -1.25. The Balaban J connectivity index is 1.70. The van der Waals surface area contributed by atoms with Crippen LogP contribution in [-0.2, 0) is 6.18 Å². The summed E-state index contributed by atoms with van der Waals surface area (Å²) in [6.07, 6.45) is -9.74. The van der Waals surface area contributed by atoms with Crippen LogP contribution in [0.3, 0.4) is 0 Å². The van der Waals surface area contributed by atoms with Crippen LogP contribution in [0.2, 0.25) is 5.02 Å². The predicted octanol–water partition coefficient (Wildman–Crippen LogP) is 7.23. The number of fused-ring (bicyclic) bond motifs is 1. The first-order chi connectivity index (χ1) is 15.9. The molecule has 34 heavy (non-hydrogen) atoms. The fraction of sp³-hybridized carbons (Fsp3) is 0.238. The number of hydrogen-bond acceptors (Lipinski definition) is 3. The van der Waals surface area contributed by atoms with Crippen molar-refractivity contribution in [2.24, 2.45) is 0 Å². The Labute approximate surface area is 202 Å². The van der Waals surface area contributed by atoms with Crippen LogP contribution in [0.25, 0.3) is 0 Å². The molecule has 0 bridgehead atoms. The van der Waals surface area contributed by atoms with E-state index >= 15 is 0 Å². The normalized spacial score (nSPS) is 18.2. The highest BCUT2D eigenvalue weighted by molar-refractivity contribution is 9.10. The second kappa shape index (κ2) is 8.81. The number of hydrogen-bond donors (Lipinski definition) is 2. The highest BCUT2D eigenvalue weighted by Gasteiger charge is 2.47. The van der Waals surface area contributed by atoms with Crippen molar-refractivity contribution in [3.63, 3.8) is 0 Å². The molecule has 2 N–H and O–H groups in total. The van der Waals surface area contributed by atoms with E-state index in [0.717, 1.165) is 12.1 Å². The third-order valence-corrected chi connectivity index (χ3v) is 6.34. The molecule has 2 heterocycles. The van der Waals surface area contributed by atoms with Gasteiger partial charge in [-0.25, -0.2) is 4.68 Å². The molecular weight excluding hydrogens is 554 g/mol. The number of anilines is 2. The van der Waals surface area contributed by atoms with E-state index in [9.17, 15) is 31.1 Å². The largest absolute Gasteiger partial charge is 0.416 e. The molecule has 5 nitrogen and oxygen atoms in total. The van der Waals surface area contributed by atoms with E-state index in [1.54, 1.807) is 30.3 Å². The number of nitrogens with one attached hydrogen (secondary N) is 2. The smallest absolute Gasteiger partial charge is 0.362 e. The molecule has 0 saturated heterocycles. The van der Waals surface area contributed by atoms with Crippen LogP contribution in [0, 0.1) is 0 Å². The maximum Gasteiger partial charge on any atom is 0.416 e. The van der Waals surface area contributed by atoms with Gasteiger partial charge in [-0.1, -0.05) is 41.9 Å². The van der Waals surface area contributed by atoms with E-state index < -0.39 is 41.6 Å². The molecule has 0 aliphatic carbocycles. The van der Waals surface area contributed by atoms with Gasteiger partial charge in [0.15, 0.2) is 11.7 Å². The van der Waals surface area contributed by atoms with Gasteiger partial charge in [0.05, 0.1) is 26.8 Å². The minimum Gasteiger partial charge on any atom is -0.362 e. The molecule has 0 radical (unpaired) electrons. The second-order valence-corrected chi connectivity index (χ2v) is 8.70. The van der Waals surface area contributed by atoms with Crippen molar-refractivity contribution in [3.05, 3.63) is 74.8 Å². The van der Waals surface area contributed by atoms with Crippen molar-refractivity contribution in [2.75, 3.05) is 10.6 Å². The van der Waals surface area contributed by atoms with Crippen LogP contribution < -0.4 is 10.6 Å². The van der Waals surface area contributed by atoms with Crippen LogP contribution in [0.4, 0.5) is 37.8 Å². The average molecular weight is 568 g/mol. The highest BCUT2D eigenvalue weighted by atomic mass is 79.9. The zero-order valence-electron chi connectivity index (χ0n) is 16.8. The van der Waals surface area contributed by atoms with Gasteiger partial charge in [0.2, 0.25) is 0 Å². The fourth-order valence-corrected chi connectivity index (χ4v) is 4.34. The zero-order chi connectivity index (χ0) is 24.8. The molecule has 13 heteroatoms. The molecule has 4 rings (SSSR count). The first-order valence-corrected chi connectivity index (χ1v) is 10.9. The van der Waals surface area contributed by atoms with E-state index in [4.69, 9.17) is 11.6 Å². The first kappa shape index (κ1) is 24.4. The lowest BCUT2D eigenvalue weighted by molar-refractivity contribution is -0.173. The number of amides is 1. The molecule has 2 aromatic carbocycles. The minimum absolute atomic E-state index is 0.0667. The van der Waals surface area contributed by atoms with E-state index in [2.05, 4.69) is 31.7 Å². The van der Waals surface area contributed by atoms with Crippen LogP contribution in [-0.4, -0.2) is 21.9 Å². The number of aromatic nitrogens is 2. The van der Waals surface area contributed by atoms with Gasteiger partial charge in [0.25, 0.3) is 5.91 Å². The van der Waals surface area contributed by atoms with E-state index in [0.29, 0.717) is 16.3 Å². The lowest BCUT2D eigenvalue weighted by Crippen LogP contribution is -2.35. The fourth-order valence-electron chi connectivity index (χ4n) is 3.62. The number of nitrogens with zero attached hydrogens (tertiary/aromatic N) is 2. The molecular formula is C21H14BrClF6N4O. The molecule has 2 unspecified atom stereocenters. The number of rotatable bonds is 3. The summed E-state index contributed by atoms with van der Waals surface area (Å²) in [4.78, 5) is 12.8. The Morgan fingerprint density at radius 2 is 1.79 bits per heavy atom. The quantitative estimate of drug-likeness (QED) is 0.328. The topological polar surface area (TPSA) is 59.0 Å². The summed E-state index contributed by atoms with van der Waals surface area (Å²) >= 11 is 9.03. The van der Waals surface area contributed by atoms with Gasteiger partial charge in [0, 0.05) is 6.42 Å². The third kappa shape index (κ3) is 4.74. The van der Waals surface area contributed by atoms with Gasteiger partial charge in [-0.3, -0.25) is 4.79 Å². The van der Waals surface area contributed by atoms with E-state index in [-0.39, 0.29) is 27.4 Å². The van der Waals surface area contributed by atoms with Crippen molar-refractivity contribution in [1.29, 1.82) is 0 Å². The molecule has 0 fully saturated rings. The third-order valence-electron chi connectivity index (χ3n) is 5.25. The van der Waals surface area contributed by atoms with E-state index in [1.165, 1.54) is 0 Å². The van der Waals surface area contributed by atoms with Crippen LogP contribution in [0.1, 0.15) is 40.1 Å². The van der Waals surface area contributed by atoms with Gasteiger partial charge in [0.1, 0.15) is 5.82 Å². The van der Waals surface area contributed by atoms with Crippen LogP contribution in [0.5, 0.6) is 0 Å². The Morgan fingerprint density at radius 1 is 1.12 bits per heavy atom. The van der Waals surface area contributed by atoms with Crippen molar-refractivity contribution in [2.45, 2.75) is 30.9 Å². The zero-order valence-corrected chi connectivity index (χ0v) is 19.1. The Kier molecular flexibility index (Phi) is 6.32. The lowest BCUT2D eigenvalue weighted by Gasteiger charge is -2.33. The number of halogens is 8. The van der Waals surface area contributed by atoms with Crippen molar-refractivity contribution in [1.82, 2.24) is 9.78 Å². The van der Waals surface area contributed by atoms with Gasteiger partial charge >= 0.3 is 12.4 Å². The molecule has 1 aromatic heterocycles. The number of benzene rings is 2. The summed E-state index contributed by atoms with van der Waals surface area (Å²) in [6, 6.07) is 8.04. The van der Waals surface area contributed by atoms with Gasteiger partial charge in [-0.05, 0) is 39.7 Å². The molecule has 1 amide bonds. The second-order valence-electron chi connectivity index (χ2n) is 7.50. The molecule has 0 spiro atoms. The van der Waals surface area contributed by atoms with Gasteiger partial charge in [-0.2, -0.15) is 31.4 Å².